The molecule has 0 saturated carbocycles. The van der Waals surface area contributed by atoms with Crippen LogP contribution in [0.15, 0.2) is 30.6 Å². The fraction of sp³-hybridized carbons (Fsp3) is 0.167. The molecule has 0 aliphatic heterocycles. The third-order valence-electron chi connectivity index (χ3n) is 2.58. The molecule has 0 aliphatic carbocycles. The zero-order valence-electron chi connectivity index (χ0n) is 10.1. The van der Waals surface area contributed by atoms with Gasteiger partial charge in [0, 0.05) is 24.6 Å². The summed E-state index contributed by atoms with van der Waals surface area (Å²) in [5, 5.41) is 7.52. The zero-order chi connectivity index (χ0) is 13.8. The highest BCUT2D eigenvalue weighted by Crippen LogP contribution is 2.28. The average Bonchev–Trinajstić information content (AvgIpc) is 2.84. The molecular weight excluding hydrogens is 266 g/mol. The Hall–Kier alpha value is -2.21. The molecule has 7 heteroatoms. The van der Waals surface area contributed by atoms with Crippen LogP contribution in [0.4, 0.5) is 11.4 Å². The number of nitrogens with one attached hydrogen (secondary N) is 1. The van der Waals surface area contributed by atoms with Crippen LogP contribution in [-0.2, 0) is 6.54 Å². The van der Waals surface area contributed by atoms with Gasteiger partial charge in [-0.25, -0.2) is 0 Å². The van der Waals surface area contributed by atoms with Crippen molar-refractivity contribution in [2.45, 2.75) is 6.54 Å². The fourth-order valence-corrected chi connectivity index (χ4v) is 2.02. The maximum Gasteiger partial charge on any atom is 0.250 e. The van der Waals surface area contributed by atoms with E-state index >= 15 is 0 Å². The van der Waals surface area contributed by atoms with Crippen molar-refractivity contribution in [2.24, 2.45) is 5.73 Å². The summed E-state index contributed by atoms with van der Waals surface area (Å²) in [5.41, 5.74) is 12.1. The monoisotopic (exact) mass is 279 g/mol. The van der Waals surface area contributed by atoms with Crippen molar-refractivity contribution in [3.8, 4) is 0 Å². The lowest BCUT2D eigenvalue weighted by Crippen LogP contribution is -2.17. The van der Waals surface area contributed by atoms with E-state index in [0.717, 1.165) is 0 Å². The summed E-state index contributed by atoms with van der Waals surface area (Å²) in [6.45, 7) is 1.21. The van der Waals surface area contributed by atoms with Crippen LogP contribution in [0.2, 0.25) is 5.02 Å². The second-order valence-electron chi connectivity index (χ2n) is 3.99. The number of nitrogens with zero attached hydrogens (tertiary/aromatic N) is 2. The van der Waals surface area contributed by atoms with E-state index in [1.807, 2.05) is 12.3 Å². The quantitative estimate of drug-likeness (QED) is 0.719. The van der Waals surface area contributed by atoms with Crippen LogP contribution in [0.3, 0.4) is 0 Å². The number of hydrogen-bond acceptors (Lipinski definition) is 4. The lowest BCUT2D eigenvalue weighted by atomic mass is 10.1. The number of primary amides is 1. The third kappa shape index (κ3) is 3.17. The summed E-state index contributed by atoms with van der Waals surface area (Å²) in [4.78, 5) is 11.4. The Labute approximate surface area is 115 Å². The molecule has 0 spiro atoms. The van der Waals surface area contributed by atoms with Crippen LogP contribution in [0.1, 0.15) is 10.4 Å². The van der Waals surface area contributed by atoms with Gasteiger partial charge in [-0.3, -0.25) is 9.48 Å². The van der Waals surface area contributed by atoms with Crippen LogP contribution >= 0.6 is 11.6 Å². The number of hydrogen-bond donors (Lipinski definition) is 3. The van der Waals surface area contributed by atoms with Crippen molar-refractivity contribution in [1.29, 1.82) is 0 Å². The van der Waals surface area contributed by atoms with Gasteiger partial charge in [-0.2, -0.15) is 5.10 Å². The average molecular weight is 280 g/mol. The van der Waals surface area contributed by atoms with Crippen molar-refractivity contribution in [3.05, 3.63) is 41.2 Å². The van der Waals surface area contributed by atoms with Gasteiger partial charge in [-0.1, -0.05) is 11.6 Å². The molecule has 19 heavy (non-hydrogen) atoms. The maximum absolute atomic E-state index is 11.4. The number of halogens is 1. The van der Waals surface area contributed by atoms with E-state index in [1.54, 1.807) is 16.9 Å². The van der Waals surface area contributed by atoms with Gasteiger partial charge in [-0.15, -0.1) is 0 Å². The molecule has 1 heterocycles. The molecule has 2 rings (SSSR count). The number of nitrogens with two attached hydrogens (primary N) is 2. The number of rotatable bonds is 5. The van der Waals surface area contributed by atoms with Crippen molar-refractivity contribution < 1.29 is 4.79 Å². The molecule has 0 fully saturated rings. The number of nitrogen functional groups attached to an aromatic ring is 1. The molecule has 1 aromatic carbocycles. The van der Waals surface area contributed by atoms with Gasteiger partial charge < -0.3 is 16.8 Å². The van der Waals surface area contributed by atoms with Gasteiger partial charge in [0.1, 0.15) is 0 Å². The summed E-state index contributed by atoms with van der Waals surface area (Å²) in [7, 11) is 0. The van der Waals surface area contributed by atoms with Gasteiger partial charge in [0.25, 0.3) is 5.91 Å². The van der Waals surface area contributed by atoms with Crippen molar-refractivity contribution in [2.75, 3.05) is 17.6 Å². The highest BCUT2D eigenvalue weighted by atomic mass is 35.5. The molecule has 0 atom stereocenters. The molecular formula is C12H14ClN5O. The van der Waals surface area contributed by atoms with E-state index in [9.17, 15) is 4.79 Å². The Morgan fingerprint density at radius 1 is 1.47 bits per heavy atom. The Morgan fingerprint density at radius 2 is 2.26 bits per heavy atom. The minimum absolute atomic E-state index is 0.283. The predicted octanol–water partition coefficient (Wildman–Crippen LogP) is 1.33. The predicted molar refractivity (Wildman–Crippen MR) is 75.1 cm³/mol. The molecule has 0 radical (unpaired) electrons. The largest absolute Gasteiger partial charge is 0.399 e. The van der Waals surface area contributed by atoms with Gasteiger partial charge in [-0.05, 0) is 18.2 Å². The van der Waals surface area contributed by atoms with E-state index in [4.69, 9.17) is 23.1 Å². The minimum Gasteiger partial charge on any atom is -0.399 e. The number of anilines is 2. The van der Waals surface area contributed by atoms with Crippen LogP contribution in [0, 0.1) is 0 Å². The van der Waals surface area contributed by atoms with Crippen molar-refractivity contribution >= 4 is 28.9 Å². The van der Waals surface area contributed by atoms with Crippen LogP contribution in [0.25, 0.3) is 0 Å². The summed E-state index contributed by atoms with van der Waals surface area (Å²) >= 11 is 6.07. The second-order valence-corrected chi connectivity index (χ2v) is 4.39. The topological polar surface area (TPSA) is 99.0 Å². The van der Waals surface area contributed by atoms with Gasteiger partial charge >= 0.3 is 0 Å². The Balaban J connectivity index is 2.12. The first kappa shape index (κ1) is 13.2. The molecule has 6 nitrogen and oxygen atoms in total. The Kier molecular flexibility index (Phi) is 3.91. The molecule has 0 saturated heterocycles. The van der Waals surface area contributed by atoms with E-state index in [0.29, 0.717) is 29.5 Å². The van der Waals surface area contributed by atoms with Gasteiger partial charge in [0.15, 0.2) is 0 Å². The second kappa shape index (κ2) is 5.62. The van der Waals surface area contributed by atoms with E-state index in [-0.39, 0.29) is 5.56 Å². The SMILES string of the molecule is NC(=O)c1cc(N)cc(Cl)c1NCCn1cccn1. The zero-order valence-corrected chi connectivity index (χ0v) is 10.9. The molecule has 5 N–H and O–H groups in total. The first-order valence-corrected chi connectivity index (χ1v) is 6.06. The van der Waals surface area contributed by atoms with Crippen molar-refractivity contribution in [1.82, 2.24) is 9.78 Å². The normalized spacial score (nSPS) is 10.4. The lowest BCUT2D eigenvalue weighted by molar-refractivity contribution is 0.100. The fourth-order valence-electron chi connectivity index (χ4n) is 1.73. The molecule has 1 aromatic heterocycles. The Bertz CT molecular complexity index is 582. The van der Waals surface area contributed by atoms with Gasteiger partial charge in [0.05, 0.1) is 22.8 Å². The number of aromatic nitrogens is 2. The first-order valence-electron chi connectivity index (χ1n) is 5.68. The maximum atomic E-state index is 11.4. The standard InChI is InChI=1S/C12H14ClN5O/c13-10-7-8(14)6-9(12(15)19)11(10)16-3-5-18-4-1-2-17-18/h1-2,4,6-7,16H,3,5,14H2,(H2,15,19). The van der Waals surface area contributed by atoms with E-state index in [2.05, 4.69) is 10.4 Å². The highest BCUT2D eigenvalue weighted by molar-refractivity contribution is 6.34. The molecule has 0 aliphatic rings. The molecule has 0 bridgehead atoms. The summed E-state index contributed by atoms with van der Waals surface area (Å²) in [6.07, 6.45) is 3.55. The molecule has 100 valence electrons. The molecule has 0 unspecified atom stereocenters. The number of benzene rings is 1. The van der Waals surface area contributed by atoms with E-state index in [1.165, 1.54) is 6.07 Å². The summed E-state index contributed by atoms with van der Waals surface area (Å²) in [6, 6.07) is 4.92. The summed E-state index contributed by atoms with van der Waals surface area (Å²) < 4.78 is 1.77. The van der Waals surface area contributed by atoms with E-state index < -0.39 is 5.91 Å². The van der Waals surface area contributed by atoms with Crippen molar-refractivity contribution in [3.63, 3.8) is 0 Å². The molecule has 1 amide bonds. The highest BCUT2D eigenvalue weighted by Gasteiger charge is 2.12. The smallest absolute Gasteiger partial charge is 0.250 e. The van der Waals surface area contributed by atoms with Crippen LogP contribution in [0.5, 0.6) is 0 Å². The number of carbonyl (C=O) groups is 1. The molecule has 2 aromatic rings. The Morgan fingerprint density at radius 3 is 2.89 bits per heavy atom. The summed E-state index contributed by atoms with van der Waals surface area (Å²) in [5.74, 6) is -0.573. The third-order valence-corrected chi connectivity index (χ3v) is 2.88. The van der Waals surface area contributed by atoms with Gasteiger partial charge in [0.2, 0.25) is 0 Å². The number of carbonyl (C=O) groups excluding carboxylic acids is 1. The number of amides is 1. The van der Waals surface area contributed by atoms with Crippen LogP contribution < -0.4 is 16.8 Å². The first-order chi connectivity index (χ1) is 9.08. The lowest BCUT2D eigenvalue weighted by Gasteiger charge is -2.13. The minimum atomic E-state index is -0.573. The van der Waals surface area contributed by atoms with Crippen LogP contribution in [-0.4, -0.2) is 22.2 Å².